The third-order valence-electron chi connectivity index (χ3n) is 8.23. The number of fused-ring (bicyclic) bond motifs is 3. The minimum absolute atomic E-state index is 0.0249. The highest BCUT2D eigenvalue weighted by molar-refractivity contribution is 6.76. The van der Waals surface area contributed by atoms with Crippen LogP contribution in [0.2, 0.25) is 25.7 Å². The molecule has 4 heterocycles. The van der Waals surface area contributed by atoms with Crippen LogP contribution in [-0.2, 0) is 33.1 Å². The average molecular weight is 658 g/mol. The summed E-state index contributed by atoms with van der Waals surface area (Å²) in [7, 11) is 1.61. The molecule has 0 unspecified atom stereocenters. The highest BCUT2D eigenvalue weighted by atomic mass is 28.3. The van der Waals surface area contributed by atoms with E-state index in [2.05, 4.69) is 29.9 Å². The lowest BCUT2D eigenvalue weighted by Crippen LogP contribution is -2.49. The topological polar surface area (TPSA) is 115 Å². The van der Waals surface area contributed by atoms with Crippen molar-refractivity contribution in [1.82, 2.24) is 19.4 Å². The van der Waals surface area contributed by atoms with Gasteiger partial charge in [0.2, 0.25) is 0 Å². The molecule has 2 aromatic heterocycles. The number of rotatable bonds is 9. The van der Waals surface area contributed by atoms with E-state index in [9.17, 15) is 18.8 Å². The third kappa shape index (κ3) is 6.19. The summed E-state index contributed by atoms with van der Waals surface area (Å²) < 4.78 is 48.6. The Morgan fingerprint density at radius 2 is 1.85 bits per heavy atom. The highest BCUT2D eigenvalue weighted by Crippen LogP contribution is 2.51. The van der Waals surface area contributed by atoms with E-state index in [1.807, 2.05) is 0 Å². The Morgan fingerprint density at radius 3 is 2.46 bits per heavy atom. The molecule has 14 heteroatoms. The van der Waals surface area contributed by atoms with Crippen molar-refractivity contribution in [2.24, 2.45) is 0 Å². The molecule has 0 radical (unpaired) electrons. The normalized spacial score (nSPS) is 18.2. The van der Waals surface area contributed by atoms with Crippen LogP contribution in [0.25, 0.3) is 11.0 Å². The first-order valence-electron chi connectivity index (χ1n) is 15.2. The first kappa shape index (κ1) is 33.3. The summed E-state index contributed by atoms with van der Waals surface area (Å²) in [5.74, 6) is -2.49. The van der Waals surface area contributed by atoms with Crippen molar-refractivity contribution in [2.45, 2.75) is 77.3 Å². The Balaban J connectivity index is 1.59. The van der Waals surface area contributed by atoms with Crippen molar-refractivity contribution in [3.63, 3.8) is 0 Å². The van der Waals surface area contributed by atoms with Crippen LogP contribution >= 0.6 is 0 Å². The fourth-order valence-corrected chi connectivity index (χ4v) is 6.77. The molecular formula is C32H41F2N5O6Si. The number of hydrogen-bond donors (Lipinski definition) is 1. The number of benzene rings is 1. The van der Waals surface area contributed by atoms with E-state index in [1.165, 1.54) is 24.1 Å². The van der Waals surface area contributed by atoms with Gasteiger partial charge in [0.1, 0.15) is 23.9 Å². The van der Waals surface area contributed by atoms with E-state index in [0.717, 1.165) is 12.1 Å². The first-order chi connectivity index (χ1) is 21.4. The molecule has 1 aromatic carbocycles. The predicted octanol–water partition coefficient (Wildman–Crippen LogP) is 5.70. The fraction of sp³-hybridized carbons (Fsp3) is 0.500. The molecule has 0 bridgehead atoms. The molecule has 1 N–H and O–H groups in total. The van der Waals surface area contributed by atoms with Gasteiger partial charge in [0.05, 0.1) is 30.3 Å². The Bertz CT molecular complexity index is 1720. The van der Waals surface area contributed by atoms with Crippen molar-refractivity contribution in [2.75, 3.05) is 32.6 Å². The zero-order chi connectivity index (χ0) is 33.8. The summed E-state index contributed by atoms with van der Waals surface area (Å²) in [5.41, 5.74) is -0.643. The number of methoxy groups -OCH3 is 1. The second-order valence-corrected chi connectivity index (χ2v) is 19.6. The zero-order valence-corrected chi connectivity index (χ0v) is 28.5. The minimum atomic E-state index is -1.43. The first-order valence-corrected chi connectivity index (χ1v) is 18.9. The van der Waals surface area contributed by atoms with Gasteiger partial charge in [-0.3, -0.25) is 14.9 Å². The van der Waals surface area contributed by atoms with Crippen LogP contribution < -0.4 is 10.1 Å². The molecule has 3 aromatic rings. The number of carbonyl (C=O) groups is 3. The molecule has 1 fully saturated rings. The SMILES string of the molecule is COc1cc(F)cc2c1[C@@]1(CCN(C)C1=O)N(Cc1cc3nc(NC(=O)OC(C)(C)C)c(F)cc3n1COCC[Si](C)(C)C)C2=O. The molecule has 0 aliphatic carbocycles. The predicted molar refractivity (Wildman–Crippen MR) is 170 cm³/mol. The molecule has 2 aliphatic rings. The van der Waals surface area contributed by atoms with Gasteiger partial charge in [0.15, 0.2) is 17.2 Å². The van der Waals surface area contributed by atoms with Gasteiger partial charge < -0.3 is 28.6 Å². The second kappa shape index (κ2) is 12.0. The summed E-state index contributed by atoms with van der Waals surface area (Å²) in [6.45, 7) is 12.5. The zero-order valence-electron chi connectivity index (χ0n) is 27.5. The fourth-order valence-electron chi connectivity index (χ4n) is 6.01. The molecule has 0 saturated carbocycles. The molecule has 46 heavy (non-hydrogen) atoms. The minimum Gasteiger partial charge on any atom is -0.496 e. The maximum atomic E-state index is 15.4. The maximum absolute atomic E-state index is 15.4. The number of nitrogens with zero attached hydrogens (tertiary/aromatic N) is 4. The molecule has 5 rings (SSSR count). The number of amides is 3. The lowest BCUT2D eigenvalue weighted by Gasteiger charge is -2.34. The van der Waals surface area contributed by atoms with Crippen LogP contribution in [0.3, 0.4) is 0 Å². The summed E-state index contributed by atoms with van der Waals surface area (Å²) in [4.78, 5) is 47.7. The number of nitrogens with one attached hydrogen (secondary N) is 1. The number of aromatic nitrogens is 2. The van der Waals surface area contributed by atoms with Crippen molar-refractivity contribution < 1.29 is 37.4 Å². The van der Waals surface area contributed by atoms with Gasteiger partial charge >= 0.3 is 6.09 Å². The quantitative estimate of drug-likeness (QED) is 0.232. The largest absolute Gasteiger partial charge is 0.496 e. The Hall–Kier alpha value is -4.04. The Kier molecular flexibility index (Phi) is 8.66. The van der Waals surface area contributed by atoms with E-state index in [0.29, 0.717) is 35.4 Å². The second-order valence-electron chi connectivity index (χ2n) is 14.0. The van der Waals surface area contributed by atoms with Crippen molar-refractivity contribution >= 4 is 42.8 Å². The number of hydrogen-bond acceptors (Lipinski definition) is 7. The molecular weight excluding hydrogens is 616 g/mol. The van der Waals surface area contributed by atoms with E-state index in [-0.39, 0.29) is 42.7 Å². The van der Waals surface area contributed by atoms with Gasteiger partial charge in [0, 0.05) is 58.1 Å². The van der Waals surface area contributed by atoms with Crippen LogP contribution in [0.4, 0.5) is 19.4 Å². The standard InChI is InChI=1S/C32H41F2N5O6Si/c1-31(2,3)45-30(42)36-27-22(34)16-24-23(35-27)15-20(38(24)18-44-11-12-46(6,7)8)17-39-28(40)21-13-19(33)14-25(43-5)26(21)32(39)9-10-37(4)29(32)41/h13-16H,9-12,17-18H2,1-8H3,(H,35,36,42)/t32-/m1/s1. The van der Waals surface area contributed by atoms with E-state index in [1.54, 1.807) is 43.4 Å². The molecule has 1 spiro atoms. The Labute approximate surface area is 267 Å². The number of ether oxygens (including phenoxy) is 3. The summed E-state index contributed by atoms with van der Waals surface area (Å²) in [6, 6.07) is 6.12. The molecule has 2 aliphatic heterocycles. The summed E-state index contributed by atoms with van der Waals surface area (Å²) in [5, 5.41) is 2.37. The van der Waals surface area contributed by atoms with E-state index in [4.69, 9.17) is 14.2 Å². The van der Waals surface area contributed by atoms with Crippen LogP contribution in [0.5, 0.6) is 5.75 Å². The van der Waals surface area contributed by atoms with Crippen LogP contribution in [-0.4, -0.2) is 78.2 Å². The number of likely N-dealkylation sites (tertiary alicyclic amines) is 1. The Morgan fingerprint density at radius 1 is 1.13 bits per heavy atom. The monoisotopic (exact) mass is 657 g/mol. The van der Waals surface area contributed by atoms with Gasteiger partial charge in [-0.2, -0.15) is 0 Å². The maximum Gasteiger partial charge on any atom is 0.413 e. The van der Waals surface area contributed by atoms with Gasteiger partial charge in [-0.25, -0.2) is 18.6 Å². The lowest BCUT2D eigenvalue weighted by molar-refractivity contribution is -0.136. The van der Waals surface area contributed by atoms with Gasteiger partial charge in [0.25, 0.3) is 11.8 Å². The molecule has 248 valence electrons. The van der Waals surface area contributed by atoms with Crippen LogP contribution in [0, 0.1) is 11.6 Å². The molecule has 3 amide bonds. The van der Waals surface area contributed by atoms with E-state index >= 15 is 4.39 Å². The summed E-state index contributed by atoms with van der Waals surface area (Å²) in [6.07, 6.45) is -0.590. The number of likely N-dealkylation sites (N-methyl/N-ethyl adjacent to an activating group) is 1. The van der Waals surface area contributed by atoms with Gasteiger partial charge in [-0.15, -0.1) is 0 Å². The number of halogens is 2. The average Bonchev–Trinajstić information content (AvgIpc) is 3.51. The molecule has 1 atom stereocenters. The smallest absolute Gasteiger partial charge is 0.413 e. The molecule has 11 nitrogen and oxygen atoms in total. The van der Waals surface area contributed by atoms with Crippen molar-refractivity contribution in [3.8, 4) is 5.75 Å². The van der Waals surface area contributed by atoms with Crippen molar-refractivity contribution in [1.29, 1.82) is 0 Å². The highest BCUT2D eigenvalue weighted by Gasteiger charge is 2.60. The van der Waals surface area contributed by atoms with E-state index < -0.39 is 42.8 Å². The number of carbonyl (C=O) groups excluding carboxylic acids is 3. The lowest BCUT2D eigenvalue weighted by atomic mass is 9.87. The summed E-state index contributed by atoms with van der Waals surface area (Å²) >= 11 is 0. The van der Waals surface area contributed by atoms with Crippen LogP contribution in [0.15, 0.2) is 24.3 Å². The van der Waals surface area contributed by atoms with Gasteiger partial charge in [-0.1, -0.05) is 19.6 Å². The van der Waals surface area contributed by atoms with Gasteiger partial charge in [-0.05, 0) is 38.9 Å². The number of pyridine rings is 1. The van der Waals surface area contributed by atoms with Crippen molar-refractivity contribution in [3.05, 3.63) is 52.7 Å². The van der Waals surface area contributed by atoms with Crippen LogP contribution in [0.1, 0.15) is 48.8 Å². The number of anilines is 1. The third-order valence-corrected chi connectivity index (χ3v) is 9.93. The molecule has 1 saturated heterocycles.